The highest BCUT2D eigenvalue weighted by molar-refractivity contribution is 7.92. The molecular formula is C29H34FN3O5S. The van der Waals surface area contributed by atoms with Gasteiger partial charge in [0.2, 0.25) is 11.8 Å². The van der Waals surface area contributed by atoms with Gasteiger partial charge < -0.3 is 15.0 Å². The van der Waals surface area contributed by atoms with Gasteiger partial charge in [-0.05, 0) is 74.4 Å². The first-order valence-corrected chi connectivity index (χ1v) is 14.1. The number of anilines is 1. The Morgan fingerprint density at radius 2 is 1.56 bits per heavy atom. The molecule has 3 aromatic rings. The van der Waals surface area contributed by atoms with Crippen LogP contribution in [0.3, 0.4) is 0 Å². The molecule has 0 saturated carbocycles. The van der Waals surface area contributed by atoms with Crippen molar-refractivity contribution >= 4 is 27.5 Å². The second kappa shape index (κ2) is 13.2. The number of nitrogens with one attached hydrogen (secondary N) is 1. The van der Waals surface area contributed by atoms with Gasteiger partial charge in [0, 0.05) is 12.6 Å². The average molecular weight is 556 g/mol. The number of ether oxygens (including phenoxy) is 1. The zero-order chi connectivity index (χ0) is 28.6. The third-order valence-corrected chi connectivity index (χ3v) is 7.84. The second-order valence-electron chi connectivity index (χ2n) is 9.26. The van der Waals surface area contributed by atoms with E-state index in [0.29, 0.717) is 12.2 Å². The first-order chi connectivity index (χ1) is 18.6. The molecule has 10 heteroatoms. The van der Waals surface area contributed by atoms with Gasteiger partial charge in [-0.1, -0.05) is 37.3 Å². The fraction of sp³-hybridized carbons (Fsp3) is 0.310. The van der Waals surface area contributed by atoms with Crippen molar-refractivity contribution in [3.8, 4) is 5.75 Å². The number of nitrogens with zero attached hydrogens (tertiary/aromatic N) is 2. The molecular weight excluding hydrogens is 521 g/mol. The van der Waals surface area contributed by atoms with Crippen molar-refractivity contribution in [1.82, 2.24) is 10.2 Å². The lowest BCUT2D eigenvalue weighted by molar-refractivity contribution is -0.140. The van der Waals surface area contributed by atoms with E-state index in [-0.39, 0.29) is 29.1 Å². The maximum absolute atomic E-state index is 13.9. The largest absolute Gasteiger partial charge is 0.497 e. The van der Waals surface area contributed by atoms with Crippen LogP contribution in [-0.2, 0) is 26.2 Å². The SMILES string of the molecule is CCC(C(=O)NC(C)C)N(Cc1ccccc1)C(=O)CN(c1ccc(F)cc1)S(=O)(=O)c1ccc(OC)cc1. The van der Waals surface area contributed by atoms with Gasteiger partial charge >= 0.3 is 0 Å². The lowest BCUT2D eigenvalue weighted by atomic mass is 10.1. The van der Waals surface area contributed by atoms with E-state index < -0.39 is 34.3 Å². The van der Waals surface area contributed by atoms with Crippen LogP contribution in [0, 0.1) is 5.82 Å². The standard InChI is InChI=1S/C29H34FN3O5S/c1-5-27(29(35)31-21(2)3)32(19-22-9-7-6-8-10-22)28(34)20-33(24-13-11-23(30)12-14-24)39(36,37)26-17-15-25(38-4)16-18-26/h6-18,21,27H,5,19-20H2,1-4H3,(H,31,35). The van der Waals surface area contributed by atoms with Crippen LogP contribution in [0.4, 0.5) is 10.1 Å². The highest BCUT2D eigenvalue weighted by Gasteiger charge is 2.33. The topological polar surface area (TPSA) is 96.0 Å². The molecule has 0 radical (unpaired) electrons. The van der Waals surface area contributed by atoms with Crippen LogP contribution in [0.15, 0.2) is 83.8 Å². The van der Waals surface area contributed by atoms with E-state index in [1.807, 2.05) is 44.2 Å². The number of benzene rings is 3. The fourth-order valence-corrected chi connectivity index (χ4v) is 5.51. The predicted octanol–water partition coefficient (Wildman–Crippen LogP) is 4.36. The summed E-state index contributed by atoms with van der Waals surface area (Å²) in [5.74, 6) is -0.988. The summed E-state index contributed by atoms with van der Waals surface area (Å²) >= 11 is 0. The summed E-state index contributed by atoms with van der Waals surface area (Å²) in [5, 5.41) is 2.85. The Bertz CT molecular complexity index is 1350. The van der Waals surface area contributed by atoms with Crippen LogP contribution in [0.2, 0.25) is 0 Å². The molecule has 39 heavy (non-hydrogen) atoms. The second-order valence-corrected chi connectivity index (χ2v) is 11.1. The Labute approximate surface area is 229 Å². The first-order valence-electron chi connectivity index (χ1n) is 12.6. The van der Waals surface area contributed by atoms with Gasteiger partial charge in [-0.25, -0.2) is 12.8 Å². The summed E-state index contributed by atoms with van der Waals surface area (Å²) in [6.07, 6.45) is 0.318. The minimum atomic E-state index is -4.26. The summed E-state index contributed by atoms with van der Waals surface area (Å²) in [7, 11) is -2.79. The molecule has 0 spiro atoms. The average Bonchev–Trinajstić information content (AvgIpc) is 2.92. The van der Waals surface area contributed by atoms with Gasteiger partial charge in [0.15, 0.2) is 0 Å². The van der Waals surface area contributed by atoms with E-state index in [1.54, 1.807) is 6.92 Å². The molecule has 0 fully saturated rings. The molecule has 208 valence electrons. The number of carbonyl (C=O) groups excluding carboxylic acids is 2. The molecule has 0 heterocycles. The molecule has 0 saturated heterocycles. The smallest absolute Gasteiger partial charge is 0.264 e. The van der Waals surface area contributed by atoms with Crippen molar-refractivity contribution in [3.63, 3.8) is 0 Å². The summed E-state index contributed by atoms with van der Waals surface area (Å²) in [4.78, 5) is 28.3. The molecule has 1 unspecified atom stereocenters. The molecule has 0 aromatic heterocycles. The molecule has 0 aliphatic carbocycles. The van der Waals surface area contributed by atoms with E-state index in [9.17, 15) is 22.4 Å². The zero-order valence-electron chi connectivity index (χ0n) is 22.5. The van der Waals surface area contributed by atoms with Gasteiger partial charge in [-0.15, -0.1) is 0 Å². The number of methoxy groups -OCH3 is 1. The summed E-state index contributed by atoms with van der Waals surface area (Å²) in [6.45, 7) is 4.95. The Morgan fingerprint density at radius 3 is 2.10 bits per heavy atom. The third-order valence-electron chi connectivity index (χ3n) is 6.05. The molecule has 1 atom stereocenters. The van der Waals surface area contributed by atoms with Crippen LogP contribution >= 0.6 is 0 Å². The highest BCUT2D eigenvalue weighted by Crippen LogP contribution is 2.26. The van der Waals surface area contributed by atoms with Crippen molar-refractivity contribution < 1.29 is 27.1 Å². The predicted molar refractivity (Wildman–Crippen MR) is 148 cm³/mol. The van der Waals surface area contributed by atoms with E-state index in [1.165, 1.54) is 48.4 Å². The fourth-order valence-electron chi connectivity index (χ4n) is 4.09. The summed E-state index contributed by atoms with van der Waals surface area (Å²) in [5.41, 5.74) is 0.896. The number of hydrogen-bond acceptors (Lipinski definition) is 5. The van der Waals surface area contributed by atoms with Crippen LogP contribution in [0.5, 0.6) is 5.75 Å². The Hall–Kier alpha value is -3.92. The molecule has 2 amide bonds. The monoisotopic (exact) mass is 555 g/mol. The van der Waals surface area contributed by atoms with E-state index in [2.05, 4.69) is 5.32 Å². The highest BCUT2D eigenvalue weighted by atomic mass is 32.2. The minimum absolute atomic E-state index is 0.0698. The first kappa shape index (κ1) is 29.6. The Kier molecular flexibility index (Phi) is 10.1. The molecule has 0 aliphatic rings. The van der Waals surface area contributed by atoms with Crippen molar-refractivity contribution in [3.05, 3.63) is 90.2 Å². The van der Waals surface area contributed by atoms with Gasteiger partial charge in [0.1, 0.15) is 24.2 Å². The number of sulfonamides is 1. The molecule has 0 aliphatic heterocycles. The molecule has 1 N–H and O–H groups in total. The van der Waals surface area contributed by atoms with Gasteiger partial charge in [0.25, 0.3) is 10.0 Å². The normalized spacial score (nSPS) is 12.1. The van der Waals surface area contributed by atoms with E-state index >= 15 is 0 Å². The van der Waals surface area contributed by atoms with Crippen molar-refractivity contribution in [2.24, 2.45) is 0 Å². The van der Waals surface area contributed by atoms with Crippen LogP contribution < -0.4 is 14.4 Å². The third kappa shape index (κ3) is 7.57. The maximum atomic E-state index is 13.9. The van der Waals surface area contributed by atoms with Crippen LogP contribution in [-0.4, -0.2) is 50.9 Å². The summed E-state index contributed by atoms with van der Waals surface area (Å²) in [6, 6.07) is 18.8. The van der Waals surface area contributed by atoms with Gasteiger partial charge in [-0.2, -0.15) is 0 Å². The number of carbonyl (C=O) groups is 2. The number of hydrogen-bond donors (Lipinski definition) is 1. The zero-order valence-corrected chi connectivity index (χ0v) is 23.3. The quantitative estimate of drug-likeness (QED) is 0.358. The van der Waals surface area contributed by atoms with Gasteiger partial charge in [-0.3, -0.25) is 13.9 Å². The van der Waals surface area contributed by atoms with Crippen LogP contribution in [0.1, 0.15) is 32.8 Å². The van der Waals surface area contributed by atoms with Crippen molar-refractivity contribution in [2.45, 2.75) is 50.7 Å². The lowest BCUT2D eigenvalue weighted by Gasteiger charge is -2.33. The molecule has 0 bridgehead atoms. The number of halogens is 1. The minimum Gasteiger partial charge on any atom is -0.497 e. The molecule has 3 rings (SSSR count). The Morgan fingerprint density at radius 1 is 0.949 bits per heavy atom. The van der Waals surface area contributed by atoms with E-state index in [0.717, 1.165) is 22.0 Å². The van der Waals surface area contributed by atoms with Gasteiger partial charge in [0.05, 0.1) is 17.7 Å². The molecule has 8 nitrogen and oxygen atoms in total. The van der Waals surface area contributed by atoms with E-state index in [4.69, 9.17) is 4.74 Å². The lowest BCUT2D eigenvalue weighted by Crippen LogP contribution is -2.53. The number of rotatable bonds is 12. The van der Waals surface area contributed by atoms with Crippen molar-refractivity contribution in [2.75, 3.05) is 18.0 Å². The molecule has 3 aromatic carbocycles. The summed E-state index contributed by atoms with van der Waals surface area (Å²) < 4.78 is 47.4. The van der Waals surface area contributed by atoms with Crippen LogP contribution in [0.25, 0.3) is 0 Å². The number of amides is 2. The van der Waals surface area contributed by atoms with Crippen molar-refractivity contribution in [1.29, 1.82) is 0 Å². The maximum Gasteiger partial charge on any atom is 0.264 e. The Balaban J connectivity index is 2.04.